The lowest BCUT2D eigenvalue weighted by Crippen LogP contribution is -2.11. The first kappa shape index (κ1) is 15.2. The van der Waals surface area contributed by atoms with Crippen LogP contribution in [0.3, 0.4) is 0 Å². The Bertz CT molecular complexity index is 1030. The summed E-state index contributed by atoms with van der Waals surface area (Å²) in [5, 5.41) is 0.962. The Morgan fingerprint density at radius 2 is 1.83 bits per heavy atom. The summed E-state index contributed by atoms with van der Waals surface area (Å²) in [5.74, 6) is 0.450. The van der Waals surface area contributed by atoms with E-state index in [9.17, 15) is 8.42 Å². The normalized spacial score (nSPS) is 17.6. The average Bonchev–Trinajstić information content (AvgIpc) is 3.24. The zero-order valence-electron chi connectivity index (χ0n) is 13.5. The molecule has 1 aromatic heterocycles. The molecule has 0 spiro atoms. The second kappa shape index (κ2) is 5.64. The van der Waals surface area contributed by atoms with Gasteiger partial charge in [-0.25, -0.2) is 12.4 Å². The highest BCUT2D eigenvalue weighted by atomic mass is 32.2. The van der Waals surface area contributed by atoms with Crippen molar-refractivity contribution >= 4 is 20.9 Å². The van der Waals surface area contributed by atoms with E-state index >= 15 is 0 Å². The molecule has 4 rings (SSSR count). The molecule has 3 aromatic rings. The topological polar surface area (TPSA) is 39.1 Å². The number of nitrogens with zero attached hydrogens (tertiary/aromatic N) is 1. The monoisotopic (exact) mass is 337 g/mol. The molecule has 1 heterocycles. The van der Waals surface area contributed by atoms with Crippen molar-refractivity contribution in [1.82, 2.24) is 3.97 Å². The van der Waals surface area contributed by atoms with Crippen molar-refractivity contribution in [3.63, 3.8) is 0 Å². The number of aryl methyl sites for hydroxylation is 1. The Kier molecular flexibility index (Phi) is 3.57. The van der Waals surface area contributed by atoms with E-state index in [0.717, 1.165) is 29.3 Å². The molecule has 0 bridgehead atoms. The minimum absolute atomic E-state index is 0.313. The summed E-state index contributed by atoms with van der Waals surface area (Å²) in [7, 11) is -3.57. The second-order valence-corrected chi connectivity index (χ2v) is 8.17. The van der Waals surface area contributed by atoms with Crippen LogP contribution in [0.2, 0.25) is 0 Å². The van der Waals surface area contributed by atoms with Gasteiger partial charge >= 0.3 is 0 Å². The Hall–Kier alpha value is -2.33. The number of fused-ring (bicyclic) bond motifs is 1. The van der Waals surface area contributed by atoms with Gasteiger partial charge in [-0.15, -0.1) is 0 Å². The van der Waals surface area contributed by atoms with Crippen LogP contribution in [0.1, 0.15) is 29.9 Å². The molecule has 122 valence electrons. The molecule has 0 aliphatic heterocycles. The number of allylic oxidation sites excluding steroid dienone is 2. The lowest BCUT2D eigenvalue weighted by Gasteiger charge is -2.10. The summed E-state index contributed by atoms with van der Waals surface area (Å²) in [6.07, 6.45) is 8.34. The van der Waals surface area contributed by atoms with Crippen molar-refractivity contribution in [1.29, 1.82) is 0 Å². The maximum atomic E-state index is 12.9. The van der Waals surface area contributed by atoms with E-state index in [1.807, 2.05) is 37.3 Å². The van der Waals surface area contributed by atoms with Gasteiger partial charge in [-0.1, -0.05) is 35.9 Å². The van der Waals surface area contributed by atoms with Gasteiger partial charge in [0, 0.05) is 17.5 Å². The SMILES string of the molecule is Cc1ccc(S(=O)(=O)n2ccc3cc([C@@H]4C=CCC4)ccc32)cc1. The minimum Gasteiger partial charge on any atom is -0.241 e. The lowest BCUT2D eigenvalue weighted by molar-refractivity contribution is 0.589. The number of aromatic nitrogens is 1. The van der Waals surface area contributed by atoms with Gasteiger partial charge < -0.3 is 0 Å². The smallest absolute Gasteiger partial charge is 0.241 e. The van der Waals surface area contributed by atoms with Crippen LogP contribution in [0.5, 0.6) is 0 Å². The second-order valence-electron chi connectivity index (χ2n) is 6.36. The Morgan fingerprint density at radius 1 is 1.04 bits per heavy atom. The largest absolute Gasteiger partial charge is 0.268 e. The highest BCUT2D eigenvalue weighted by Gasteiger charge is 2.19. The molecule has 0 radical (unpaired) electrons. The van der Waals surface area contributed by atoms with Crippen molar-refractivity contribution < 1.29 is 8.42 Å². The Labute approximate surface area is 142 Å². The van der Waals surface area contributed by atoms with E-state index in [4.69, 9.17) is 0 Å². The van der Waals surface area contributed by atoms with Gasteiger partial charge in [-0.3, -0.25) is 0 Å². The van der Waals surface area contributed by atoms with Gasteiger partial charge in [-0.2, -0.15) is 0 Å². The summed E-state index contributed by atoms with van der Waals surface area (Å²) in [4.78, 5) is 0.313. The van der Waals surface area contributed by atoms with Crippen LogP contribution in [0.4, 0.5) is 0 Å². The Morgan fingerprint density at radius 3 is 2.54 bits per heavy atom. The Balaban J connectivity index is 1.79. The van der Waals surface area contributed by atoms with Crippen LogP contribution >= 0.6 is 0 Å². The highest BCUT2D eigenvalue weighted by Crippen LogP contribution is 2.31. The predicted octanol–water partition coefficient (Wildman–Crippen LogP) is 4.62. The number of benzene rings is 2. The third-order valence-electron chi connectivity index (χ3n) is 4.70. The highest BCUT2D eigenvalue weighted by molar-refractivity contribution is 7.90. The summed E-state index contributed by atoms with van der Waals surface area (Å²) >= 11 is 0. The summed E-state index contributed by atoms with van der Waals surface area (Å²) in [6, 6.07) is 14.9. The molecule has 1 atom stereocenters. The fraction of sp³-hybridized carbons (Fsp3) is 0.200. The quantitative estimate of drug-likeness (QED) is 0.654. The van der Waals surface area contributed by atoms with Crippen LogP contribution in [0, 0.1) is 6.92 Å². The third kappa shape index (κ3) is 2.47. The molecule has 0 amide bonds. The first-order valence-electron chi connectivity index (χ1n) is 8.16. The van der Waals surface area contributed by atoms with Crippen molar-refractivity contribution in [2.24, 2.45) is 0 Å². The van der Waals surface area contributed by atoms with Gasteiger partial charge in [0.05, 0.1) is 10.4 Å². The van der Waals surface area contributed by atoms with Gasteiger partial charge in [-0.05, 0) is 55.7 Å². The number of hydrogen-bond acceptors (Lipinski definition) is 2. The number of rotatable bonds is 3. The van der Waals surface area contributed by atoms with Crippen LogP contribution in [-0.4, -0.2) is 12.4 Å². The first-order chi connectivity index (χ1) is 11.6. The van der Waals surface area contributed by atoms with E-state index < -0.39 is 10.0 Å². The van der Waals surface area contributed by atoms with Crippen LogP contribution < -0.4 is 0 Å². The molecule has 4 heteroatoms. The van der Waals surface area contributed by atoms with Gasteiger partial charge in [0.25, 0.3) is 10.0 Å². The molecule has 0 fully saturated rings. The van der Waals surface area contributed by atoms with E-state index in [1.165, 1.54) is 9.54 Å². The minimum atomic E-state index is -3.57. The van der Waals surface area contributed by atoms with Crippen molar-refractivity contribution in [2.75, 3.05) is 0 Å². The van der Waals surface area contributed by atoms with Crippen molar-refractivity contribution in [2.45, 2.75) is 30.6 Å². The van der Waals surface area contributed by atoms with E-state index in [2.05, 4.69) is 18.2 Å². The van der Waals surface area contributed by atoms with Crippen molar-refractivity contribution in [3.05, 3.63) is 78.0 Å². The van der Waals surface area contributed by atoms with Gasteiger partial charge in [0.2, 0.25) is 0 Å². The first-order valence-corrected chi connectivity index (χ1v) is 9.60. The van der Waals surface area contributed by atoms with E-state index in [-0.39, 0.29) is 0 Å². The molecule has 0 saturated heterocycles. The van der Waals surface area contributed by atoms with E-state index in [1.54, 1.807) is 18.3 Å². The fourth-order valence-corrected chi connectivity index (χ4v) is 4.66. The van der Waals surface area contributed by atoms with E-state index in [0.29, 0.717) is 10.8 Å². The summed E-state index contributed by atoms with van der Waals surface area (Å²) in [6.45, 7) is 1.94. The maximum Gasteiger partial charge on any atom is 0.268 e. The third-order valence-corrected chi connectivity index (χ3v) is 6.40. The fourth-order valence-electron chi connectivity index (χ4n) is 3.31. The molecule has 3 nitrogen and oxygen atoms in total. The molecular formula is C20H19NO2S. The average molecular weight is 337 g/mol. The van der Waals surface area contributed by atoms with Crippen LogP contribution in [-0.2, 0) is 10.0 Å². The van der Waals surface area contributed by atoms with Gasteiger partial charge in [0.1, 0.15) is 0 Å². The zero-order valence-corrected chi connectivity index (χ0v) is 14.3. The maximum absolute atomic E-state index is 12.9. The molecule has 0 saturated carbocycles. The molecular weight excluding hydrogens is 318 g/mol. The zero-order chi connectivity index (χ0) is 16.7. The van der Waals surface area contributed by atoms with Gasteiger partial charge in [0.15, 0.2) is 0 Å². The number of hydrogen-bond donors (Lipinski definition) is 0. The standard InChI is InChI=1S/C20H19NO2S/c1-15-6-9-19(10-7-15)24(22,23)21-13-12-18-14-17(8-11-20(18)21)16-4-2-3-5-16/h2,4,6-14,16H,3,5H2,1H3/t16-/m1/s1. The summed E-state index contributed by atoms with van der Waals surface area (Å²) in [5.41, 5.74) is 3.02. The van der Waals surface area contributed by atoms with Crippen LogP contribution in [0.25, 0.3) is 10.9 Å². The summed E-state index contributed by atoms with van der Waals surface area (Å²) < 4.78 is 27.2. The predicted molar refractivity (Wildman–Crippen MR) is 96.8 cm³/mol. The van der Waals surface area contributed by atoms with Crippen molar-refractivity contribution in [3.8, 4) is 0 Å². The van der Waals surface area contributed by atoms with Crippen LogP contribution in [0.15, 0.2) is 71.8 Å². The molecule has 1 aliphatic carbocycles. The lowest BCUT2D eigenvalue weighted by atomic mass is 9.98. The molecule has 2 aromatic carbocycles. The molecule has 0 N–H and O–H groups in total. The molecule has 24 heavy (non-hydrogen) atoms. The molecule has 1 aliphatic rings. The molecule has 0 unspecified atom stereocenters.